The first-order chi connectivity index (χ1) is 3.81. The second-order valence-corrected chi connectivity index (χ2v) is 1.02. The number of aliphatic hydroxyl groups is 3. The highest BCUT2D eigenvalue weighted by Gasteiger charge is 1.93. The van der Waals surface area contributed by atoms with Crippen LogP contribution in [0, 0.1) is 0 Å². The van der Waals surface area contributed by atoms with Crippen molar-refractivity contribution in [3.63, 3.8) is 0 Å². The summed E-state index contributed by atoms with van der Waals surface area (Å²) < 4.78 is 6.47. The van der Waals surface area contributed by atoms with Gasteiger partial charge in [0.25, 0.3) is 0 Å². The van der Waals surface area contributed by atoms with Crippen LogP contribution in [0.4, 0.5) is 0 Å². The number of halogens is 1. The van der Waals surface area contributed by atoms with Crippen molar-refractivity contribution in [2.24, 2.45) is 0 Å². The van der Waals surface area contributed by atoms with E-state index in [1.165, 1.54) is 0 Å². The Kier molecular flexibility index (Phi) is 14.0. The molecule has 0 amide bonds. The Morgan fingerprint density at radius 2 is 1.38 bits per heavy atom. The van der Waals surface area contributed by atoms with Crippen LogP contribution in [-0.2, 0) is 0 Å². The molecule has 0 fully saturated rings. The van der Waals surface area contributed by atoms with Gasteiger partial charge >= 0.3 is 0 Å². The molecule has 0 spiro atoms. The Morgan fingerprint density at radius 1 is 1.12 bits per heavy atom. The van der Waals surface area contributed by atoms with Gasteiger partial charge in [-0.05, 0) is 0 Å². The minimum Gasteiger partial charge on any atom is -0.394 e. The fourth-order valence-corrected chi connectivity index (χ4v) is 0.0577. The summed E-state index contributed by atoms with van der Waals surface area (Å²) in [5, 5.41) is 24.0. The summed E-state index contributed by atoms with van der Waals surface area (Å²) in [6, 6.07) is 0. The van der Waals surface area contributed by atoms with Gasteiger partial charge in [0.15, 0.2) is 0 Å². The van der Waals surface area contributed by atoms with Crippen molar-refractivity contribution in [1.82, 2.24) is 0 Å². The maximum Gasteiger partial charge on any atom is 0.100 e. The lowest BCUT2D eigenvalue weighted by Crippen LogP contribution is -2.15. The predicted octanol–water partition coefficient (Wildman–Crippen LogP) is -1.54. The largest absolute Gasteiger partial charge is 0.394 e. The van der Waals surface area contributed by atoms with Crippen molar-refractivity contribution in [3.05, 3.63) is 0 Å². The summed E-state index contributed by atoms with van der Waals surface area (Å²) in [6.07, 6.45) is -0.954. The molecule has 0 heterocycles. The predicted molar refractivity (Wildman–Crippen MR) is 28.3 cm³/mol. The molecule has 0 unspecified atom stereocenters. The molecule has 0 aliphatic rings. The van der Waals surface area contributed by atoms with Crippen LogP contribution in [0.1, 0.15) is 0 Å². The second-order valence-electron chi connectivity index (χ2n) is 1.02. The van der Waals surface area contributed by atoms with E-state index in [4.69, 9.17) is 20.0 Å². The average Bonchev–Trinajstić information content (AvgIpc) is 1.91. The topological polar surface area (TPSA) is 80.9 Å². The second kappa shape index (κ2) is 10.2. The quantitative estimate of drug-likeness (QED) is 0.379. The zero-order chi connectivity index (χ0) is 6.99. The van der Waals surface area contributed by atoms with Crippen LogP contribution in [-0.4, -0.2) is 39.3 Å². The van der Waals surface area contributed by atoms with Crippen molar-refractivity contribution in [2.45, 2.75) is 6.10 Å². The molecule has 4 N–H and O–H groups in total. The third-order valence-electron chi connectivity index (χ3n) is 0.421. The first kappa shape index (κ1) is 11.0. The Hall–Kier alpha value is 0.130. The molecule has 0 aromatic heterocycles. The minimum absolute atomic E-state index is 0.365. The first-order valence-electron chi connectivity index (χ1n) is 1.88. The molecule has 0 saturated heterocycles. The van der Waals surface area contributed by atoms with Crippen LogP contribution in [0.15, 0.2) is 0 Å². The fraction of sp³-hybridized carbons (Fsp3) is 1.00. The molecule has 0 aliphatic heterocycles. The van der Waals surface area contributed by atoms with E-state index in [1.807, 2.05) is 0 Å². The van der Waals surface area contributed by atoms with Gasteiger partial charge in [-0.15, -0.1) is 0 Å². The first-order valence-corrected chi connectivity index (χ1v) is 2.21. The van der Waals surface area contributed by atoms with Crippen molar-refractivity contribution >= 4 is 11.9 Å². The molecular weight excluding hydrogens is 135 g/mol. The molecule has 0 rings (SSSR count). The third-order valence-corrected chi connectivity index (χ3v) is 0.421. The maximum atomic E-state index is 8.17. The van der Waals surface area contributed by atoms with E-state index in [0.29, 0.717) is 0 Å². The summed E-state index contributed by atoms with van der Waals surface area (Å²) in [5.74, 6) is 0. The SMILES string of the molecule is OCC(O)CO.OCl. The maximum absolute atomic E-state index is 8.17. The summed E-state index contributed by atoms with van der Waals surface area (Å²) in [4.78, 5) is 0. The zero-order valence-electron chi connectivity index (χ0n) is 4.16. The molecule has 0 aromatic rings. The molecule has 0 atom stereocenters. The lowest BCUT2D eigenvalue weighted by molar-refractivity contribution is 0.0450. The Bertz CT molecular complexity index is 30.5. The molecule has 0 bridgehead atoms. The van der Waals surface area contributed by atoms with E-state index >= 15 is 0 Å². The van der Waals surface area contributed by atoms with Crippen LogP contribution in [0.3, 0.4) is 0 Å². The third kappa shape index (κ3) is 9.46. The normalized spacial score (nSPS) is 8.25. The molecule has 52 valence electrons. The van der Waals surface area contributed by atoms with Crippen molar-refractivity contribution in [2.75, 3.05) is 13.2 Å². The van der Waals surface area contributed by atoms with Gasteiger partial charge in [0.2, 0.25) is 0 Å². The summed E-state index contributed by atoms with van der Waals surface area (Å²) in [6.45, 7) is -0.729. The smallest absolute Gasteiger partial charge is 0.100 e. The molecule has 0 aliphatic carbocycles. The van der Waals surface area contributed by atoms with E-state index in [2.05, 4.69) is 11.9 Å². The monoisotopic (exact) mass is 144 g/mol. The van der Waals surface area contributed by atoms with Gasteiger partial charge in [-0.2, -0.15) is 0 Å². The molecule has 4 nitrogen and oxygen atoms in total. The number of hydrogen-bond acceptors (Lipinski definition) is 4. The van der Waals surface area contributed by atoms with Gasteiger partial charge in [0.05, 0.1) is 25.1 Å². The van der Waals surface area contributed by atoms with Crippen molar-refractivity contribution in [1.29, 1.82) is 0 Å². The average molecular weight is 145 g/mol. The molecule has 0 radical (unpaired) electrons. The van der Waals surface area contributed by atoms with Crippen molar-refractivity contribution < 1.29 is 20.0 Å². The Labute approximate surface area is 52.1 Å². The van der Waals surface area contributed by atoms with Crippen LogP contribution < -0.4 is 0 Å². The molecule has 0 saturated carbocycles. The highest BCUT2D eigenvalue weighted by molar-refractivity contribution is 6.04. The summed E-state index contributed by atoms with van der Waals surface area (Å²) in [7, 11) is 0. The van der Waals surface area contributed by atoms with Gasteiger partial charge < -0.3 is 15.3 Å². The van der Waals surface area contributed by atoms with Gasteiger partial charge in [-0.3, -0.25) is 4.66 Å². The number of rotatable bonds is 2. The van der Waals surface area contributed by atoms with Gasteiger partial charge in [-0.25, -0.2) is 0 Å². The Balaban J connectivity index is 0. The summed E-state index contributed by atoms with van der Waals surface area (Å²) in [5.41, 5.74) is 0. The number of hydrogen-bond donors (Lipinski definition) is 4. The van der Waals surface area contributed by atoms with E-state index in [0.717, 1.165) is 0 Å². The van der Waals surface area contributed by atoms with Gasteiger partial charge in [0, 0.05) is 0 Å². The molecule has 5 heteroatoms. The van der Waals surface area contributed by atoms with Crippen LogP contribution in [0.2, 0.25) is 0 Å². The highest BCUT2D eigenvalue weighted by Crippen LogP contribution is 1.71. The molecule has 0 aromatic carbocycles. The molecular formula is C3H9ClO4. The van der Waals surface area contributed by atoms with Crippen molar-refractivity contribution in [3.8, 4) is 0 Å². The van der Waals surface area contributed by atoms with E-state index in [9.17, 15) is 0 Å². The van der Waals surface area contributed by atoms with E-state index < -0.39 is 6.10 Å². The lowest BCUT2D eigenvalue weighted by atomic mass is 10.4. The fourth-order valence-electron chi connectivity index (χ4n) is 0.0577. The highest BCUT2D eigenvalue weighted by atomic mass is 35.5. The minimum atomic E-state index is -0.954. The standard InChI is InChI=1S/C3H8O3.ClHO/c4-1-3(6)2-5;1-2/h3-6H,1-2H2;2H. The van der Waals surface area contributed by atoms with E-state index in [-0.39, 0.29) is 13.2 Å². The lowest BCUT2D eigenvalue weighted by Gasteiger charge is -1.96. The van der Waals surface area contributed by atoms with Gasteiger partial charge in [0.1, 0.15) is 6.10 Å². The zero-order valence-corrected chi connectivity index (χ0v) is 4.91. The summed E-state index contributed by atoms with van der Waals surface area (Å²) >= 11 is 3.64. The van der Waals surface area contributed by atoms with Crippen LogP contribution in [0.5, 0.6) is 0 Å². The number of aliphatic hydroxyl groups excluding tert-OH is 3. The van der Waals surface area contributed by atoms with Crippen LogP contribution >= 0.6 is 11.9 Å². The molecule has 8 heavy (non-hydrogen) atoms. The van der Waals surface area contributed by atoms with Crippen LogP contribution in [0.25, 0.3) is 0 Å². The Morgan fingerprint density at radius 3 is 1.38 bits per heavy atom. The van der Waals surface area contributed by atoms with E-state index in [1.54, 1.807) is 0 Å². The van der Waals surface area contributed by atoms with Gasteiger partial charge in [-0.1, -0.05) is 0 Å².